The zero-order valence-electron chi connectivity index (χ0n) is 13.0. The first-order valence-corrected chi connectivity index (χ1v) is 8.22. The number of rotatable bonds is 6. The van der Waals surface area contributed by atoms with Crippen LogP contribution in [0.5, 0.6) is 5.75 Å². The van der Waals surface area contributed by atoms with E-state index < -0.39 is 27.8 Å². The number of aromatic nitrogens is 1. The van der Waals surface area contributed by atoms with Crippen LogP contribution in [0.4, 0.5) is 10.3 Å². The van der Waals surface area contributed by atoms with E-state index in [0.29, 0.717) is 11.3 Å². The van der Waals surface area contributed by atoms with E-state index in [1.54, 1.807) is 19.1 Å². The van der Waals surface area contributed by atoms with Crippen LogP contribution in [0.3, 0.4) is 0 Å². The summed E-state index contributed by atoms with van der Waals surface area (Å²) in [4.78, 5) is 12.0. The summed E-state index contributed by atoms with van der Waals surface area (Å²) in [7, 11) is -0.142. The van der Waals surface area contributed by atoms with Crippen LogP contribution in [0.2, 0.25) is 0 Å². The number of nitrogens with zero attached hydrogens (tertiary/aromatic N) is 1. The normalized spacial score (nSPS) is 13.4. The number of carbonyl (C=O) groups is 1. The number of methoxy groups -OCH3 is 1. The number of nitrogens with one attached hydrogen (secondary N) is 1. The van der Waals surface area contributed by atoms with Gasteiger partial charge in [0.2, 0.25) is 11.8 Å². The Morgan fingerprint density at radius 1 is 1.48 bits per heavy atom. The van der Waals surface area contributed by atoms with E-state index in [-0.39, 0.29) is 17.4 Å². The summed E-state index contributed by atoms with van der Waals surface area (Å²) in [5.41, 5.74) is 1.15. The van der Waals surface area contributed by atoms with E-state index in [1.807, 2.05) is 0 Å². The summed E-state index contributed by atoms with van der Waals surface area (Å²) in [6.45, 7) is 3.26. The zero-order valence-corrected chi connectivity index (χ0v) is 13.8. The van der Waals surface area contributed by atoms with Crippen molar-refractivity contribution in [3.8, 4) is 5.75 Å². The summed E-state index contributed by atoms with van der Waals surface area (Å²) < 4.78 is 35.6. The van der Waals surface area contributed by atoms with Gasteiger partial charge in [-0.15, -0.1) is 0 Å². The minimum atomic E-state index is -1.51. The molecule has 124 valence electrons. The Labute approximate surface area is 135 Å². The van der Waals surface area contributed by atoms with E-state index in [4.69, 9.17) is 9.26 Å². The summed E-state index contributed by atoms with van der Waals surface area (Å²) in [5, 5.41) is 5.37. The van der Waals surface area contributed by atoms with E-state index in [1.165, 1.54) is 26.2 Å². The van der Waals surface area contributed by atoms with Crippen molar-refractivity contribution in [2.75, 3.05) is 12.4 Å². The summed E-state index contributed by atoms with van der Waals surface area (Å²) in [6.07, 6.45) is 0. The maximum absolute atomic E-state index is 13.6. The van der Waals surface area contributed by atoms with Crippen LogP contribution in [0, 0.1) is 12.7 Å². The van der Waals surface area contributed by atoms with Gasteiger partial charge in [-0.25, -0.2) is 4.39 Å². The molecule has 2 aromatic rings. The van der Waals surface area contributed by atoms with Crippen LogP contribution in [-0.4, -0.2) is 27.6 Å². The molecule has 0 saturated carbocycles. The lowest BCUT2D eigenvalue weighted by atomic mass is 10.2. The molecule has 1 aromatic heterocycles. The van der Waals surface area contributed by atoms with Crippen molar-refractivity contribution in [1.82, 2.24) is 5.16 Å². The lowest BCUT2D eigenvalue weighted by molar-refractivity contribution is -0.115. The second-order valence-corrected chi connectivity index (χ2v) is 6.72. The summed E-state index contributed by atoms with van der Waals surface area (Å²) >= 11 is 0. The molecular formula is C15H17FN2O4S. The molecule has 2 atom stereocenters. The van der Waals surface area contributed by atoms with Crippen molar-refractivity contribution >= 4 is 22.6 Å². The Morgan fingerprint density at radius 2 is 2.22 bits per heavy atom. The topological polar surface area (TPSA) is 81.4 Å². The Bertz CT molecular complexity index is 732. The second kappa shape index (κ2) is 7.36. The molecule has 6 nitrogen and oxygen atoms in total. The molecule has 0 spiro atoms. The van der Waals surface area contributed by atoms with Crippen molar-refractivity contribution in [1.29, 1.82) is 0 Å². The van der Waals surface area contributed by atoms with Gasteiger partial charge >= 0.3 is 0 Å². The second-order valence-electron chi connectivity index (χ2n) is 4.96. The lowest BCUT2D eigenvalue weighted by Crippen LogP contribution is -2.29. The smallest absolute Gasteiger partial charge is 0.242 e. The first-order valence-electron chi connectivity index (χ1n) is 6.84. The van der Waals surface area contributed by atoms with Gasteiger partial charge in [-0.1, -0.05) is 11.2 Å². The third-order valence-electron chi connectivity index (χ3n) is 3.16. The molecule has 0 aliphatic heterocycles. The number of ether oxygens (including phenoxy) is 1. The van der Waals surface area contributed by atoms with Crippen LogP contribution in [0.15, 0.2) is 28.8 Å². The maximum Gasteiger partial charge on any atom is 0.242 e. The highest BCUT2D eigenvalue weighted by atomic mass is 32.2. The molecule has 8 heteroatoms. The van der Waals surface area contributed by atoms with Gasteiger partial charge in [-0.2, -0.15) is 0 Å². The molecule has 1 heterocycles. The number of anilines is 1. The van der Waals surface area contributed by atoms with Gasteiger partial charge in [0, 0.05) is 22.6 Å². The van der Waals surface area contributed by atoms with Crippen molar-refractivity contribution < 1.29 is 22.7 Å². The first kappa shape index (κ1) is 17.1. The van der Waals surface area contributed by atoms with Crippen LogP contribution in [0.25, 0.3) is 0 Å². The standard InChI is InChI=1S/C15H17FN2O4S/c1-9-6-14(22-18-9)17-15(19)10(2)23(20)8-11-4-5-13(21-3)12(16)7-11/h4-7,10H,8H2,1-3H3,(H,17,19)/t10-,23-/m1/s1. The zero-order chi connectivity index (χ0) is 17.0. The fraction of sp³-hybridized carbons (Fsp3) is 0.333. The van der Waals surface area contributed by atoms with Crippen LogP contribution in [-0.2, 0) is 21.3 Å². The average Bonchev–Trinajstić information content (AvgIpc) is 2.91. The van der Waals surface area contributed by atoms with Gasteiger partial charge in [-0.05, 0) is 31.5 Å². The third kappa shape index (κ3) is 4.38. The monoisotopic (exact) mass is 340 g/mol. The SMILES string of the molecule is COc1ccc(C[S@@](=O)[C@H](C)C(=O)Nc2cc(C)no2)cc1F. The highest BCUT2D eigenvalue weighted by Gasteiger charge is 2.22. The van der Waals surface area contributed by atoms with Crippen molar-refractivity contribution in [2.45, 2.75) is 24.9 Å². The molecule has 1 N–H and O–H groups in total. The Morgan fingerprint density at radius 3 is 2.78 bits per heavy atom. The van der Waals surface area contributed by atoms with Gasteiger partial charge in [0.15, 0.2) is 11.6 Å². The molecule has 0 unspecified atom stereocenters. The molecule has 0 aliphatic rings. The molecule has 0 saturated heterocycles. The highest BCUT2D eigenvalue weighted by Crippen LogP contribution is 2.19. The average molecular weight is 340 g/mol. The molecule has 2 rings (SSSR count). The van der Waals surface area contributed by atoms with E-state index in [2.05, 4.69) is 10.5 Å². The molecule has 1 aromatic carbocycles. The molecule has 0 radical (unpaired) electrons. The highest BCUT2D eigenvalue weighted by molar-refractivity contribution is 7.85. The van der Waals surface area contributed by atoms with Gasteiger partial charge in [0.25, 0.3) is 0 Å². The van der Waals surface area contributed by atoms with Crippen molar-refractivity contribution in [3.05, 3.63) is 41.3 Å². The van der Waals surface area contributed by atoms with Gasteiger partial charge in [-0.3, -0.25) is 14.3 Å². The molecular weight excluding hydrogens is 323 g/mol. The number of hydrogen-bond donors (Lipinski definition) is 1. The summed E-state index contributed by atoms with van der Waals surface area (Å²) in [6, 6.07) is 5.89. The van der Waals surface area contributed by atoms with E-state index in [0.717, 1.165) is 0 Å². The van der Waals surface area contributed by atoms with Crippen LogP contribution >= 0.6 is 0 Å². The lowest BCUT2D eigenvalue weighted by Gasteiger charge is -2.11. The van der Waals surface area contributed by atoms with Crippen LogP contribution < -0.4 is 10.1 Å². The molecule has 0 aliphatic carbocycles. The minimum absolute atomic E-state index is 0.0604. The number of halogens is 1. The first-order chi connectivity index (χ1) is 10.9. The maximum atomic E-state index is 13.6. The Hall–Kier alpha value is -2.22. The van der Waals surface area contributed by atoms with Gasteiger partial charge < -0.3 is 9.26 Å². The van der Waals surface area contributed by atoms with Gasteiger partial charge in [0.1, 0.15) is 5.25 Å². The number of aryl methyl sites for hydroxylation is 1. The largest absolute Gasteiger partial charge is 0.494 e. The number of hydrogen-bond acceptors (Lipinski definition) is 5. The fourth-order valence-corrected chi connectivity index (χ4v) is 2.91. The quantitative estimate of drug-likeness (QED) is 0.873. The fourth-order valence-electron chi connectivity index (χ4n) is 1.85. The predicted molar refractivity (Wildman–Crippen MR) is 84.1 cm³/mol. The van der Waals surface area contributed by atoms with Crippen molar-refractivity contribution in [3.63, 3.8) is 0 Å². The number of amides is 1. The van der Waals surface area contributed by atoms with Gasteiger partial charge in [0.05, 0.1) is 12.8 Å². The predicted octanol–water partition coefficient (Wildman–Crippen LogP) is 2.41. The Balaban J connectivity index is 1.99. The van der Waals surface area contributed by atoms with Crippen LogP contribution in [0.1, 0.15) is 18.2 Å². The third-order valence-corrected chi connectivity index (χ3v) is 4.78. The molecule has 0 fully saturated rings. The Kier molecular flexibility index (Phi) is 5.49. The molecule has 0 bridgehead atoms. The van der Waals surface area contributed by atoms with E-state index >= 15 is 0 Å². The number of carbonyl (C=O) groups excluding carboxylic acids is 1. The summed E-state index contributed by atoms with van der Waals surface area (Å²) in [5.74, 6) is -0.604. The van der Waals surface area contributed by atoms with Crippen molar-refractivity contribution in [2.24, 2.45) is 0 Å². The minimum Gasteiger partial charge on any atom is -0.494 e. The molecule has 23 heavy (non-hydrogen) atoms. The number of benzene rings is 1. The van der Waals surface area contributed by atoms with E-state index in [9.17, 15) is 13.4 Å². The molecule has 1 amide bonds.